The predicted octanol–water partition coefficient (Wildman–Crippen LogP) is 2.04. The Bertz CT molecular complexity index is 181. The quantitative estimate of drug-likeness (QED) is 0.348. The maximum atomic E-state index is 11.6. The molecular weight excluding hydrogens is 212 g/mol. The van der Waals surface area contributed by atoms with E-state index < -0.39 is 6.67 Å². The van der Waals surface area contributed by atoms with Gasteiger partial charge in [-0.1, -0.05) is 25.9 Å². The van der Waals surface area contributed by atoms with Crippen molar-refractivity contribution < 1.29 is 18.7 Å². The summed E-state index contributed by atoms with van der Waals surface area (Å²) in [6, 6.07) is 0. The number of hydrogen-bond acceptors (Lipinski definition) is 4. The highest BCUT2D eigenvalue weighted by Gasteiger charge is 2.09. The van der Waals surface area contributed by atoms with Gasteiger partial charge in [-0.25, -0.2) is 4.39 Å². The molecule has 0 aromatic rings. The van der Waals surface area contributed by atoms with Crippen LogP contribution in [0.4, 0.5) is 4.39 Å². The van der Waals surface area contributed by atoms with Crippen LogP contribution in [-0.2, 0) is 14.3 Å². The number of halogens is 1. The molecule has 0 aromatic heterocycles. The molecule has 0 spiro atoms. The number of rotatable bonds is 9. The molecule has 0 saturated heterocycles. The SMILES string of the molecule is CC(C)(C)CO/N=C/COCCOCC[18F]. The summed E-state index contributed by atoms with van der Waals surface area (Å²) in [5, 5.41) is 3.74. The van der Waals surface area contributed by atoms with Gasteiger partial charge in [-0.3, -0.25) is 0 Å². The van der Waals surface area contributed by atoms with Crippen LogP contribution in [0.2, 0.25) is 0 Å². The maximum Gasteiger partial charge on any atom is 0.122 e. The molecule has 0 amide bonds. The maximum absolute atomic E-state index is 11.6. The molecule has 0 N–H and O–H groups in total. The van der Waals surface area contributed by atoms with Crippen molar-refractivity contribution in [3.05, 3.63) is 0 Å². The van der Waals surface area contributed by atoms with Crippen LogP contribution < -0.4 is 0 Å². The van der Waals surface area contributed by atoms with Gasteiger partial charge in [0.2, 0.25) is 0 Å². The van der Waals surface area contributed by atoms with E-state index in [2.05, 4.69) is 25.9 Å². The molecule has 0 aliphatic rings. The number of alkyl halides is 1. The Morgan fingerprint density at radius 2 is 1.81 bits per heavy atom. The highest BCUT2D eigenvalue weighted by Crippen LogP contribution is 2.12. The van der Waals surface area contributed by atoms with Gasteiger partial charge >= 0.3 is 0 Å². The zero-order chi connectivity index (χ0) is 12.3. The molecular formula is C11H22FNO3. The van der Waals surface area contributed by atoms with Crippen molar-refractivity contribution in [2.24, 2.45) is 10.6 Å². The van der Waals surface area contributed by atoms with Crippen molar-refractivity contribution in [3.8, 4) is 0 Å². The number of hydrogen-bond donors (Lipinski definition) is 0. The van der Waals surface area contributed by atoms with Crippen molar-refractivity contribution in [2.75, 3.05) is 39.7 Å². The fraction of sp³-hybridized carbons (Fsp3) is 0.909. The van der Waals surface area contributed by atoms with Crippen molar-refractivity contribution in [1.82, 2.24) is 0 Å². The molecule has 0 radical (unpaired) electrons. The third-order valence-electron chi connectivity index (χ3n) is 1.43. The Morgan fingerprint density at radius 3 is 2.44 bits per heavy atom. The lowest BCUT2D eigenvalue weighted by Crippen LogP contribution is -2.12. The summed E-state index contributed by atoms with van der Waals surface area (Å²) in [7, 11) is 0. The molecule has 0 rings (SSSR count). The molecule has 4 nitrogen and oxygen atoms in total. The van der Waals surface area contributed by atoms with Crippen molar-refractivity contribution in [2.45, 2.75) is 20.8 Å². The molecule has 0 saturated carbocycles. The van der Waals surface area contributed by atoms with E-state index in [9.17, 15) is 4.39 Å². The monoisotopic (exact) mass is 234 g/mol. The Labute approximate surface area is 96.7 Å². The van der Waals surface area contributed by atoms with Crippen LogP contribution in [-0.4, -0.2) is 45.9 Å². The number of oxime groups is 1. The van der Waals surface area contributed by atoms with Gasteiger partial charge in [0, 0.05) is 0 Å². The highest BCUT2D eigenvalue weighted by atomic mass is 18.2. The van der Waals surface area contributed by atoms with E-state index in [1.54, 1.807) is 6.21 Å². The minimum Gasteiger partial charge on any atom is -0.395 e. The van der Waals surface area contributed by atoms with Gasteiger partial charge in [0.1, 0.15) is 13.3 Å². The van der Waals surface area contributed by atoms with E-state index in [1.165, 1.54) is 0 Å². The van der Waals surface area contributed by atoms with Gasteiger partial charge in [-0.15, -0.1) is 0 Å². The number of ether oxygens (including phenoxy) is 2. The van der Waals surface area contributed by atoms with E-state index in [0.717, 1.165) is 0 Å². The average molecular weight is 234 g/mol. The second-order valence-corrected chi connectivity index (χ2v) is 4.50. The summed E-state index contributed by atoms with van der Waals surface area (Å²) in [5.74, 6) is 0. The zero-order valence-corrected chi connectivity index (χ0v) is 10.4. The topological polar surface area (TPSA) is 40.0 Å². The molecule has 0 aromatic carbocycles. The van der Waals surface area contributed by atoms with Crippen LogP contribution in [0.15, 0.2) is 5.16 Å². The van der Waals surface area contributed by atoms with Gasteiger partial charge < -0.3 is 14.3 Å². The summed E-state index contributed by atoms with van der Waals surface area (Å²) in [6.45, 7) is 7.68. The van der Waals surface area contributed by atoms with Crippen LogP contribution in [0.5, 0.6) is 0 Å². The van der Waals surface area contributed by atoms with E-state index in [1.807, 2.05) is 0 Å². The Hall–Kier alpha value is -0.680. The third-order valence-corrected chi connectivity index (χ3v) is 1.43. The molecule has 0 atom stereocenters. The van der Waals surface area contributed by atoms with Crippen LogP contribution in [0.3, 0.4) is 0 Å². The van der Waals surface area contributed by atoms with Crippen molar-refractivity contribution >= 4 is 6.21 Å². The standard InChI is InChI=1S/C11H22FNO3/c1-11(2,3)10-16-13-5-7-15-9-8-14-6-4-12/h5H,4,6-10H2,1-3H3/b13-5+/i12-1. The third kappa shape index (κ3) is 13.3. The van der Waals surface area contributed by atoms with Gasteiger partial charge in [0.15, 0.2) is 0 Å². The predicted molar refractivity (Wildman–Crippen MR) is 61.5 cm³/mol. The lowest BCUT2D eigenvalue weighted by atomic mass is 9.99. The van der Waals surface area contributed by atoms with Crippen LogP contribution in [0.25, 0.3) is 0 Å². The van der Waals surface area contributed by atoms with Gasteiger partial charge in [0.05, 0.1) is 32.6 Å². The first kappa shape index (κ1) is 15.3. The highest BCUT2D eigenvalue weighted by molar-refractivity contribution is 5.57. The summed E-state index contributed by atoms with van der Waals surface area (Å²) in [5.41, 5.74) is 0.110. The minimum atomic E-state index is -0.456. The molecule has 0 aliphatic carbocycles. The van der Waals surface area contributed by atoms with E-state index in [0.29, 0.717) is 26.4 Å². The Kier molecular flexibility index (Phi) is 9.13. The lowest BCUT2D eigenvalue weighted by Gasteiger charge is -2.15. The fourth-order valence-corrected chi connectivity index (χ4v) is 0.725. The normalized spacial score (nSPS) is 12.2. The largest absolute Gasteiger partial charge is 0.395 e. The lowest BCUT2D eigenvalue weighted by molar-refractivity contribution is 0.0530. The second-order valence-electron chi connectivity index (χ2n) is 4.50. The first-order valence-electron chi connectivity index (χ1n) is 5.41. The first-order chi connectivity index (χ1) is 7.56. The molecule has 96 valence electrons. The molecule has 0 heterocycles. The summed E-state index contributed by atoms with van der Waals surface area (Å²) in [4.78, 5) is 5.05. The number of nitrogens with zero attached hydrogens (tertiary/aromatic N) is 1. The summed E-state index contributed by atoms with van der Waals surface area (Å²) >= 11 is 0. The molecule has 0 unspecified atom stereocenters. The molecule has 16 heavy (non-hydrogen) atoms. The van der Waals surface area contributed by atoms with Crippen LogP contribution in [0.1, 0.15) is 20.8 Å². The molecule has 0 fully saturated rings. The van der Waals surface area contributed by atoms with Gasteiger partial charge in [0.25, 0.3) is 0 Å². The smallest absolute Gasteiger partial charge is 0.122 e. The molecule has 0 aliphatic heterocycles. The average Bonchev–Trinajstić information content (AvgIpc) is 2.19. The zero-order valence-electron chi connectivity index (χ0n) is 10.4. The van der Waals surface area contributed by atoms with Crippen molar-refractivity contribution in [1.29, 1.82) is 0 Å². The fourth-order valence-electron chi connectivity index (χ4n) is 0.725. The minimum absolute atomic E-state index is 0.110. The van der Waals surface area contributed by atoms with E-state index in [4.69, 9.17) is 14.3 Å². The van der Waals surface area contributed by atoms with Crippen LogP contribution in [0, 0.1) is 5.41 Å². The Morgan fingerprint density at radius 1 is 1.12 bits per heavy atom. The summed E-state index contributed by atoms with van der Waals surface area (Å²) in [6.07, 6.45) is 1.56. The summed E-state index contributed by atoms with van der Waals surface area (Å²) < 4.78 is 21.6. The van der Waals surface area contributed by atoms with E-state index in [-0.39, 0.29) is 12.0 Å². The van der Waals surface area contributed by atoms with Crippen LogP contribution >= 0.6 is 0 Å². The first-order valence-corrected chi connectivity index (χ1v) is 5.41. The Balaban J connectivity index is 3.16. The second kappa shape index (κ2) is 9.54. The van der Waals surface area contributed by atoms with Gasteiger partial charge in [-0.2, -0.15) is 0 Å². The van der Waals surface area contributed by atoms with Gasteiger partial charge in [-0.05, 0) is 5.41 Å². The van der Waals surface area contributed by atoms with Crippen molar-refractivity contribution in [3.63, 3.8) is 0 Å². The van der Waals surface area contributed by atoms with E-state index >= 15 is 0 Å². The molecule has 5 heteroatoms. The molecule has 0 bridgehead atoms.